The van der Waals surface area contributed by atoms with Gasteiger partial charge >= 0.3 is 5.97 Å². The minimum absolute atomic E-state index is 0.000791. The maximum Gasteiger partial charge on any atom is 0.309 e. The lowest BCUT2D eigenvalue weighted by Gasteiger charge is -2.09. The molecule has 0 radical (unpaired) electrons. The lowest BCUT2D eigenvalue weighted by atomic mass is 10.1. The molecule has 1 aromatic rings. The van der Waals surface area contributed by atoms with E-state index in [-0.39, 0.29) is 11.9 Å². The van der Waals surface area contributed by atoms with E-state index in [9.17, 15) is 4.79 Å². The number of unbranched alkanes of at least 4 members (excludes halogenated alkanes) is 7. The van der Waals surface area contributed by atoms with Gasteiger partial charge in [-0.25, -0.2) is 0 Å². The van der Waals surface area contributed by atoms with Crippen LogP contribution in [-0.4, -0.2) is 12.6 Å². The van der Waals surface area contributed by atoms with Crippen LogP contribution in [0.5, 0.6) is 0 Å². The third-order valence-corrected chi connectivity index (χ3v) is 4.63. The summed E-state index contributed by atoms with van der Waals surface area (Å²) in [6.45, 7) is 2.85. The average molecular weight is 302 g/mol. The Bertz CT molecular complexity index is 428. The van der Waals surface area contributed by atoms with Crippen LogP contribution >= 0.6 is 0 Å². The van der Waals surface area contributed by atoms with Crippen molar-refractivity contribution < 1.29 is 9.53 Å². The van der Waals surface area contributed by atoms with Crippen LogP contribution in [0.2, 0.25) is 0 Å². The van der Waals surface area contributed by atoms with Gasteiger partial charge < -0.3 is 4.74 Å². The first kappa shape index (κ1) is 17.1. The van der Waals surface area contributed by atoms with E-state index in [1.165, 1.54) is 56.1 Å². The molecule has 0 saturated carbocycles. The zero-order valence-corrected chi connectivity index (χ0v) is 14.0. The molecule has 0 fully saturated rings. The molecule has 2 nitrogen and oxygen atoms in total. The van der Waals surface area contributed by atoms with Crippen molar-refractivity contribution in [1.29, 1.82) is 0 Å². The van der Waals surface area contributed by atoms with Gasteiger partial charge in [-0.1, -0.05) is 76.1 Å². The van der Waals surface area contributed by atoms with E-state index in [0.717, 1.165) is 19.3 Å². The van der Waals surface area contributed by atoms with Crippen LogP contribution in [0.25, 0.3) is 0 Å². The van der Waals surface area contributed by atoms with Crippen LogP contribution < -0.4 is 0 Å². The van der Waals surface area contributed by atoms with Crippen molar-refractivity contribution in [3.8, 4) is 0 Å². The molecule has 1 aliphatic rings. The summed E-state index contributed by atoms with van der Waals surface area (Å²) in [5.41, 5.74) is 2.63. The van der Waals surface area contributed by atoms with E-state index >= 15 is 0 Å². The van der Waals surface area contributed by atoms with Gasteiger partial charge in [0.1, 0.15) is 0 Å². The zero-order chi connectivity index (χ0) is 15.6. The first-order valence-corrected chi connectivity index (χ1v) is 9.04. The molecule has 0 spiro atoms. The van der Waals surface area contributed by atoms with E-state index in [1.807, 2.05) is 12.1 Å². The number of hydrogen-bond donors (Lipinski definition) is 0. The maximum absolute atomic E-state index is 12.1. The summed E-state index contributed by atoms with van der Waals surface area (Å²) in [6.07, 6.45) is 11.9. The van der Waals surface area contributed by atoms with Crippen LogP contribution in [-0.2, 0) is 22.4 Å². The van der Waals surface area contributed by atoms with E-state index in [0.29, 0.717) is 6.61 Å². The van der Waals surface area contributed by atoms with Crippen LogP contribution in [0.4, 0.5) is 0 Å². The molecule has 2 heteroatoms. The monoisotopic (exact) mass is 302 g/mol. The molecule has 1 aromatic carbocycles. The Morgan fingerprint density at radius 2 is 1.50 bits per heavy atom. The number of carbonyl (C=O) groups excluding carboxylic acids is 1. The molecule has 22 heavy (non-hydrogen) atoms. The lowest BCUT2D eigenvalue weighted by molar-refractivity contribution is -0.148. The highest BCUT2D eigenvalue weighted by Crippen LogP contribution is 2.27. The van der Waals surface area contributed by atoms with Gasteiger partial charge in [0.2, 0.25) is 0 Å². The molecule has 122 valence electrons. The van der Waals surface area contributed by atoms with Gasteiger partial charge in [-0.05, 0) is 30.4 Å². The van der Waals surface area contributed by atoms with Gasteiger partial charge in [0.15, 0.2) is 0 Å². The number of esters is 1. The minimum atomic E-state index is -0.000791. The van der Waals surface area contributed by atoms with Gasteiger partial charge in [0, 0.05) is 0 Å². The Kier molecular flexibility index (Phi) is 7.48. The molecule has 1 aliphatic carbocycles. The predicted octanol–water partition coefficient (Wildman–Crippen LogP) is 5.09. The molecule has 0 amide bonds. The fourth-order valence-electron chi connectivity index (χ4n) is 3.25. The van der Waals surface area contributed by atoms with Crippen molar-refractivity contribution in [2.45, 2.75) is 71.1 Å². The van der Waals surface area contributed by atoms with Crippen molar-refractivity contribution in [2.24, 2.45) is 5.92 Å². The molecule has 0 aliphatic heterocycles. The van der Waals surface area contributed by atoms with Gasteiger partial charge in [-0.3, -0.25) is 4.79 Å². The largest absolute Gasteiger partial charge is 0.465 e. The third kappa shape index (κ3) is 5.47. The second-order valence-corrected chi connectivity index (χ2v) is 6.52. The average Bonchev–Trinajstić information content (AvgIpc) is 2.97. The zero-order valence-electron chi connectivity index (χ0n) is 14.0. The van der Waals surface area contributed by atoms with Crippen LogP contribution in [0.1, 0.15) is 69.4 Å². The predicted molar refractivity (Wildman–Crippen MR) is 90.9 cm³/mol. The minimum Gasteiger partial charge on any atom is -0.465 e. The molecule has 0 aromatic heterocycles. The lowest BCUT2D eigenvalue weighted by Crippen LogP contribution is -2.18. The molecule has 0 N–H and O–H groups in total. The Morgan fingerprint density at radius 1 is 0.955 bits per heavy atom. The molecule has 2 rings (SSSR count). The fourth-order valence-corrected chi connectivity index (χ4v) is 3.25. The molecule has 0 bridgehead atoms. The first-order valence-electron chi connectivity index (χ1n) is 9.04. The summed E-state index contributed by atoms with van der Waals surface area (Å²) in [5.74, 6) is 0.0468. The summed E-state index contributed by atoms with van der Waals surface area (Å²) in [5, 5.41) is 0. The van der Waals surface area contributed by atoms with Crippen molar-refractivity contribution in [3.05, 3.63) is 35.4 Å². The number of hydrogen-bond acceptors (Lipinski definition) is 2. The number of benzene rings is 1. The fraction of sp³-hybridized carbons (Fsp3) is 0.650. The van der Waals surface area contributed by atoms with Gasteiger partial charge in [0.25, 0.3) is 0 Å². The summed E-state index contributed by atoms with van der Waals surface area (Å²) >= 11 is 0. The normalized spacial score (nSPS) is 14.0. The second kappa shape index (κ2) is 9.66. The second-order valence-electron chi connectivity index (χ2n) is 6.52. The Hall–Kier alpha value is -1.31. The molecular formula is C20H30O2. The van der Waals surface area contributed by atoms with Crippen LogP contribution in [0.15, 0.2) is 24.3 Å². The highest BCUT2D eigenvalue weighted by atomic mass is 16.5. The van der Waals surface area contributed by atoms with E-state index < -0.39 is 0 Å². The summed E-state index contributed by atoms with van der Waals surface area (Å²) in [7, 11) is 0. The topological polar surface area (TPSA) is 26.3 Å². The highest BCUT2D eigenvalue weighted by molar-refractivity contribution is 5.74. The maximum atomic E-state index is 12.1. The smallest absolute Gasteiger partial charge is 0.309 e. The van der Waals surface area contributed by atoms with Crippen molar-refractivity contribution in [1.82, 2.24) is 0 Å². The number of ether oxygens (including phenoxy) is 1. The van der Waals surface area contributed by atoms with E-state index in [2.05, 4.69) is 19.1 Å². The first-order chi connectivity index (χ1) is 10.8. The SMILES string of the molecule is CCCCCCCCCCOC(=O)C1Cc2ccccc2C1. The third-order valence-electron chi connectivity index (χ3n) is 4.63. The molecular weight excluding hydrogens is 272 g/mol. The quantitative estimate of drug-likeness (QED) is 0.445. The standard InChI is InChI=1S/C20H30O2/c1-2-3-4-5-6-7-8-11-14-22-20(21)19-15-17-12-9-10-13-18(17)16-19/h9-10,12-13,19H,2-8,11,14-16H2,1H3. The van der Waals surface area contributed by atoms with Gasteiger partial charge in [-0.15, -0.1) is 0 Å². The summed E-state index contributed by atoms with van der Waals surface area (Å²) < 4.78 is 5.46. The highest BCUT2D eigenvalue weighted by Gasteiger charge is 2.27. The van der Waals surface area contributed by atoms with Crippen molar-refractivity contribution in [2.75, 3.05) is 6.61 Å². The molecule has 0 atom stereocenters. The molecule has 0 unspecified atom stereocenters. The van der Waals surface area contributed by atoms with Gasteiger partial charge in [-0.2, -0.15) is 0 Å². The van der Waals surface area contributed by atoms with Crippen LogP contribution in [0.3, 0.4) is 0 Å². The molecule has 0 saturated heterocycles. The Morgan fingerprint density at radius 3 is 2.09 bits per heavy atom. The number of rotatable bonds is 10. The molecule has 0 heterocycles. The Labute approximate surface area is 135 Å². The number of carbonyl (C=O) groups is 1. The summed E-state index contributed by atoms with van der Waals surface area (Å²) in [4.78, 5) is 12.1. The van der Waals surface area contributed by atoms with Crippen molar-refractivity contribution >= 4 is 5.97 Å². The van der Waals surface area contributed by atoms with Crippen molar-refractivity contribution in [3.63, 3.8) is 0 Å². The summed E-state index contributed by atoms with van der Waals surface area (Å²) in [6, 6.07) is 8.35. The Balaban J connectivity index is 1.51. The van der Waals surface area contributed by atoms with Crippen LogP contribution in [0, 0.1) is 5.92 Å². The van der Waals surface area contributed by atoms with Gasteiger partial charge in [0.05, 0.1) is 12.5 Å². The number of fused-ring (bicyclic) bond motifs is 1. The van der Waals surface area contributed by atoms with E-state index in [1.54, 1.807) is 0 Å². The van der Waals surface area contributed by atoms with E-state index in [4.69, 9.17) is 4.74 Å².